The monoisotopic (exact) mass is 355 g/mol. The van der Waals surface area contributed by atoms with Crippen molar-refractivity contribution in [3.63, 3.8) is 0 Å². The van der Waals surface area contributed by atoms with Crippen LogP contribution >= 0.6 is 15.9 Å². The van der Waals surface area contributed by atoms with Crippen molar-refractivity contribution in [2.24, 2.45) is 0 Å². The highest BCUT2D eigenvalue weighted by molar-refractivity contribution is 9.09. The van der Waals surface area contributed by atoms with Crippen LogP contribution in [-0.2, 0) is 6.54 Å². The fraction of sp³-hybridized carbons (Fsp3) is 0.300. The maximum Gasteiger partial charge on any atom is 0.0538 e. The van der Waals surface area contributed by atoms with E-state index in [1.165, 1.54) is 28.0 Å². The fourth-order valence-electron chi connectivity index (χ4n) is 3.20. The molecule has 0 spiro atoms. The van der Waals surface area contributed by atoms with Crippen molar-refractivity contribution in [2.75, 3.05) is 10.2 Å². The predicted octanol–water partition coefficient (Wildman–Crippen LogP) is 5.57. The molecule has 0 aromatic heterocycles. The number of allylic oxidation sites excluding steroid dienone is 1. The Hall–Kier alpha value is -1.54. The van der Waals surface area contributed by atoms with E-state index in [-0.39, 0.29) is 5.54 Å². The summed E-state index contributed by atoms with van der Waals surface area (Å²) in [6, 6.07) is 17.5. The summed E-state index contributed by atoms with van der Waals surface area (Å²) in [5.74, 6) is 0. The summed E-state index contributed by atoms with van der Waals surface area (Å²) in [7, 11) is 0. The highest BCUT2D eigenvalue weighted by Gasteiger charge is 2.31. The van der Waals surface area contributed by atoms with Crippen molar-refractivity contribution in [3.05, 3.63) is 71.3 Å². The Balaban J connectivity index is 2.08. The van der Waals surface area contributed by atoms with Crippen LogP contribution < -0.4 is 4.90 Å². The molecule has 0 saturated carbocycles. The van der Waals surface area contributed by atoms with Gasteiger partial charge in [0.2, 0.25) is 0 Å². The van der Waals surface area contributed by atoms with Crippen molar-refractivity contribution in [2.45, 2.75) is 32.9 Å². The number of hydrogen-bond donors (Lipinski definition) is 0. The van der Waals surface area contributed by atoms with Crippen molar-refractivity contribution in [3.8, 4) is 0 Å². The topological polar surface area (TPSA) is 3.24 Å². The molecule has 3 rings (SSSR count). The van der Waals surface area contributed by atoms with Gasteiger partial charge in [-0.3, -0.25) is 0 Å². The molecule has 2 aromatic rings. The predicted molar refractivity (Wildman–Crippen MR) is 99.7 cm³/mol. The smallest absolute Gasteiger partial charge is 0.0538 e. The number of nitrogens with zero attached hydrogens (tertiary/aromatic N) is 1. The second-order valence-corrected chi connectivity index (χ2v) is 7.11. The molecule has 0 aliphatic carbocycles. The van der Waals surface area contributed by atoms with E-state index in [9.17, 15) is 0 Å². The number of rotatable bonds is 3. The van der Waals surface area contributed by atoms with Crippen molar-refractivity contribution in [1.29, 1.82) is 0 Å². The number of anilines is 1. The first kappa shape index (κ1) is 15.4. The lowest BCUT2D eigenvalue weighted by Crippen LogP contribution is -2.44. The van der Waals surface area contributed by atoms with Crippen LogP contribution in [0.2, 0.25) is 0 Å². The highest BCUT2D eigenvalue weighted by atomic mass is 79.9. The summed E-state index contributed by atoms with van der Waals surface area (Å²) in [5, 5.41) is 0.895. The Morgan fingerprint density at radius 3 is 2.45 bits per heavy atom. The molecule has 0 radical (unpaired) electrons. The van der Waals surface area contributed by atoms with Gasteiger partial charge in [0.05, 0.1) is 5.54 Å². The second kappa shape index (κ2) is 5.92. The van der Waals surface area contributed by atoms with E-state index >= 15 is 0 Å². The zero-order valence-corrected chi connectivity index (χ0v) is 15.0. The van der Waals surface area contributed by atoms with Crippen molar-refractivity contribution in [1.82, 2.24) is 0 Å². The maximum absolute atomic E-state index is 3.66. The van der Waals surface area contributed by atoms with Crippen molar-refractivity contribution >= 4 is 27.2 Å². The minimum Gasteiger partial charge on any atom is -0.358 e. The quantitative estimate of drug-likeness (QED) is 0.650. The van der Waals surface area contributed by atoms with Gasteiger partial charge in [0.25, 0.3) is 0 Å². The van der Waals surface area contributed by atoms with Crippen LogP contribution in [0, 0.1) is 6.92 Å². The lowest BCUT2D eigenvalue weighted by Gasteiger charge is -2.43. The molecule has 114 valence electrons. The molecule has 22 heavy (non-hydrogen) atoms. The number of aryl methyl sites for hydroxylation is 1. The molecule has 0 fully saturated rings. The largest absolute Gasteiger partial charge is 0.358 e. The molecule has 0 N–H and O–H groups in total. The number of fused-ring (bicyclic) bond motifs is 1. The summed E-state index contributed by atoms with van der Waals surface area (Å²) in [6.45, 7) is 7.67. The standard InChI is InChI=1S/C20H22BrN/c1-15-9-10-19-18(11-15)17(13-21)12-20(2,3)22(19)14-16-7-5-4-6-8-16/h4-12H,13-14H2,1-3H3. The van der Waals surface area contributed by atoms with Crippen molar-refractivity contribution < 1.29 is 0 Å². The third-order valence-corrected chi connectivity index (χ3v) is 4.94. The normalized spacial score (nSPS) is 16.2. The van der Waals surface area contributed by atoms with Gasteiger partial charge in [-0.2, -0.15) is 0 Å². The molecule has 2 aromatic carbocycles. The Bertz CT molecular complexity index is 701. The Kier molecular flexibility index (Phi) is 4.14. The first-order chi connectivity index (χ1) is 10.5. The van der Waals surface area contributed by atoms with Crippen LogP contribution in [0.3, 0.4) is 0 Å². The van der Waals surface area contributed by atoms with Crippen LogP contribution in [0.25, 0.3) is 5.57 Å². The average molecular weight is 356 g/mol. The number of benzene rings is 2. The minimum atomic E-state index is 0.00119. The van der Waals surface area contributed by atoms with Crippen LogP contribution in [0.5, 0.6) is 0 Å². The summed E-state index contributed by atoms with van der Waals surface area (Å²) in [5.41, 5.74) is 6.72. The lowest BCUT2D eigenvalue weighted by molar-refractivity contribution is 0.552. The Labute approximate surface area is 141 Å². The summed E-state index contributed by atoms with van der Waals surface area (Å²) < 4.78 is 0. The van der Waals surface area contributed by atoms with Crippen LogP contribution in [0.15, 0.2) is 54.6 Å². The molecule has 1 aliphatic heterocycles. The Morgan fingerprint density at radius 2 is 1.77 bits per heavy atom. The third-order valence-electron chi connectivity index (χ3n) is 4.34. The maximum atomic E-state index is 3.66. The van der Waals surface area contributed by atoms with Gasteiger partial charge in [0.1, 0.15) is 0 Å². The average Bonchev–Trinajstić information content (AvgIpc) is 2.51. The number of halogens is 1. The molecule has 0 bridgehead atoms. The molecular formula is C20H22BrN. The van der Waals surface area contributed by atoms with Gasteiger partial charge in [0.15, 0.2) is 0 Å². The van der Waals surface area contributed by atoms with Gasteiger partial charge in [-0.05, 0) is 44.0 Å². The van der Waals surface area contributed by atoms with Gasteiger partial charge in [-0.15, -0.1) is 0 Å². The summed E-state index contributed by atoms with van der Waals surface area (Å²) in [4.78, 5) is 2.50. The van der Waals surface area contributed by atoms with Gasteiger partial charge in [0, 0.05) is 23.1 Å². The van der Waals surface area contributed by atoms with Crippen LogP contribution in [0.1, 0.15) is 30.5 Å². The molecule has 1 aliphatic rings. The van der Waals surface area contributed by atoms with E-state index in [1.807, 2.05) is 0 Å². The highest BCUT2D eigenvalue weighted by Crippen LogP contribution is 2.40. The van der Waals surface area contributed by atoms with E-state index in [0.29, 0.717) is 0 Å². The first-order valence-electron chi connectivity index (χ1n) is 7.71. The fourth-order valence-corrected chi connectivity index (χ4v) is 3.66. The molecule has 0 amide bonds. The first-order valence-corrected chi connectivity index (χ1v) is 8.84. The van der Waals surface area contributed by atoms with Gasteiger partial charge in [-0.1, -0.05) is 64.0 Å². The third kappa shape index (κ3) is 2.85. The molecule has 0 unspecified atom stereocenters. The zero-order valence-electron chi connectivity index (χ0n) is 13.4. The van der Waals surface area contributed by atoms with Gasteiger partial charge in [-0.25, -0.2) is 0 Å². The second-order valence-electron chi connectivity index (χ2n) is 6.55. The molecule has 1 nitrogen and oxygen atoms in total. The number of hydrogen-bond acceptors (Lipinski definition) is 1. The Morgan fingerprint density at radius 1 is 1.05 bits per heavy atom. The lowest BCUT2D eigenvalue weighted by atomic mass is 9.87. The minimum absolute atomic E-state index is 0.00119. The van der Waals surface area contributed by atoms with Crippen LogP contribution in [0.4, 0.5) is 5.69 Å². The summed E-state index contributed by atoms with van der Waals surface area (Å²) >= 11 is 3.66. The van der Waals surface area contributed by atoms with E-state index < -0.39 is 0 Å². The van der Waals surface area contributed by atoms with E-state index in [1.54, 1.807) is 0 Å². The molecule has 0 saturated heterocycles. The molecule has 1 heterocycles. The zero-order chi connectivity index (χ0) is 15.7. The SMILES string of the molecule is Cc1ccc2c(c1)C(CBr)=CC(C)(C)N2Cc1ccccc1. The molecular weight excluding hydrogens is 334 g/mol. The van der Waals surface area contributed by atoms with Crippen LogP contribution in [-0.4, -0.2) is 10.9 Å². The van der Waals surface area contributed by atoms with E-state index in [0.717, 1.165) is 11.9 Å². The molecule has 0 atom stereocenters. The van der Waals surface area contributed by atoms with Gasteiger partial charge >= 0.3 is 0 Å². The number of alkyl halides is 1. The summed E-state index contributed by atoms with van der Waals surface area (Å²) in [6.07, 6.45) is 2.40. The van der Waals surface area contributed by atoms with E-state index in [4.69, 9.17) is 0 Å². The molecule has 2 heteroatoms. The van der Waals surface area contributed by atoms with E-state index in [2.05, 4.69) is 96.2 Å². The van der Waals surface area contributed by atoms with Gasteiger partial charge < -0.3 is 4.90 Å².